The highest BCUT2D eigenvalue weighted by Crippen LogP contribution is 2.27. The number of nitrogens with zero attached hydrogens (tertiary/aromatic N) is 4. The van der Waals surface area contributed by atoms with Gasteiger partial charge in [-0.05, 0) is 43.7 Å². The smallest absolute Gasteiger partial charge is 0.253 e. The molecule has 1 aliphatic rings. The molecule has 2 aromatic rings. The number of phenols is 1. The molecule has 2 aromatic carbocycles. The first-order valence-corrected chi connectivity index (χ1v) is 10.9. The van der Waals surface area contributed by atoms with Gasteiger partial charge < -0.3 is 25.1 Å². The summed E-state index contributed by atoms with van der Waals surface area (Å²) in [6, 6.07) is 15.2. The van der Waals surface area contributed by atoms with E-state index in [1.165, 1.54) is 0 Å². The number of para-hydroxylation sites is 2. The van der Waals surface area contributed by atoms with E-state index in [0.717, 1.165) is 49.0 Å². The van der Waals surface area contributed by atoms with Crippen LogP contribution in [0.15, 0.2) is 53.5 Å². The Bertz CT molecular complexity index is 885. The van der Waals surface area contributed by atoms with E-state index in [1.807, 2.05) is 61.2 Å². The van der Waals surface area contributed by atoms with Crippen LogP contribution in [0.3, 0.4) is 0 Å². The highest BCUT2D eigenvalue weighted by molar-refractivity contribution is 5.94. The fraction of sp³-hybridized carbons (Fsp3) is 0.417. The zero-order valence-corrected chi connectivity index (χ0v) is 18.7. The molecule has 0 aliphatic carbocycles. The van der Waals surface area contributed by atoms with E-state index in [0.29, 0.717) is 25.4 Å². The van der Waals surface area contributed by atoms with Gasteiger partial charge in [0, 0.05) is 58.4 Å². The van der Waals surface area contributed by atoms with Gasteiger partial charge in [0.25, 0.3) is 5.91 Å². The van der Waals surface area contributed by atoms with Crippen LogP contribution in [0.5, 0.6) is 5.75 Å². The molecular formula is C24H33N5O2. The van der Waals surface area contributed by atoms with Crippen molar-refractivity contribution in [2.24, 2.45) is 4.99 Å². The van der Waals surface area contributed by atoms with Crippen LogP contribution >= 0.6 is 0 Å². The number of anilines is 1. The van der Waals surface area contributed by atoms with Gasteiger partial charge >= 0.3 is 0 Å². The lowest BCUT2D eigenvalue weighted by molar-refractivity contribution is 0.0773. The minimum atomic E-state index is 0.0719. The van der Waals surface area contributed by atoms with Gasteiger partial charge in [0.15, 0.2) is 5.96 Å². The molecule has 0 radical (unpaired) electrons. The fourth-order valence-corrected chi connectivity index (χ4v) is 3.86. The zero-order chi connectivity index (χ0) is 22.2. The van der Waals surface area contributed by atoms with Crippen LogP contribution < -0.4 is 10.2 Å². The van der Waals surface area contributed by atoms with Crippen LogP contribution in [0, 0.1) is 0 Å². The van der Waals surface area contributed by atoms with Crippen molar-refractivity contribution < 1.29 is 9.90 Å². The minimum absolute atomic E-state index is 0.0719. The van der Waals surface area contributed by atoms with Crippen molar-refractivity contribution in [3.05, 3.63) is 59.7 Å². The quantitative estimate of drug-likeness (QED) is 0.552. The Morgan fingerprint density at radius 1 is 1.03 bits per heavy atom. The first kappa shape index (κ1) is 22.5. The number of carbonyl (C=O) groups is 1. The topological polar surface area (TPSA) is 71.4 Å². The number of benzene rings is 2. The average Bonchev–Trinajstić information content (AvgIpc) is 2.81. The van der Waals surface area contributed by atoms with Crippen LogP contribution in [0.2, 0.25) is 0 Å². The van der Waals surface area contributed by atoms with Gasteiger partial charge in [-0.1, -0.05) is 24.3 Å². The number of aliphatic imine (C=N–C) groups is 1. The number of aromatic hydroxyl groups is 1. The van der Waals surface area contributed by atoms with E-state index in [4.69, 9.17) is 0 Å². The van der Waals surface area contributed by atoms with Crippen molar-refractivity contribution in [2.45, 2.75) is 20.4 Å². The van der Waals surface area contributed by atoms with E-state index in [-0.39, 0.29) is 5.91 Å². The SMILES string of the molecule is CCN(CC)C(=O)c1ccc(CNC(=NC)N2CCN(c3ccccc3O)CC2)cc1. The van der Waals surface area contributed by atoms with Crippen LogP contribution in [0.4, 0.5) is 5.69 Å². The summed E-state index contributed by atoms with van der Waals surface area (Å²) >= 11 is 0. The third-order valence-electron chi connectivity index (χ3n) is 5.72. The number of hydrogen-bond donors (Lipinski definition) is 2. The van der Waals surface area contributed by atoms with Crippen LogP contribution in [0.25, 0.3) is 0 Å². The maximum Gasteiger partial charge on any atom is 0.253 e. The molecule has 0 saturated carbocycles. The Morgan fingerprint density at radius 2 is 1.68 bits per heavy atom. The van der Waals surface area contributed by atoms with Crippen molar-refractivity contribution in [1.82, 2.24) is 15.1 Å². The number of phenolic OH excluding ortho intramolecular Hbond substituents is 1. The molecule has 0 aromatic heterocycles. The molecular weight excluding hydrogens is 390 g/mol. The number of guanidine groups is 1. The Kier molecular flexibility index (Phi) is 7.76. The van der Waals surface area contributed by atoms with E-state index < -0.39 is 0 Å². The number of carbonyl (C=O) groups excluding carboxylic acids is 1. The molecule has 1 fully saturated rings. The van der Waals surface area contributed by atoms with E-state index in [1.54, 1.807) is 13.1 Å². The van der Waals surface area contributed by atoms with Crippen molar-refractivity contribution in [1.29, 1.82) is 0 Å². The molecule has 1 heterocycles. The molecule has 1 aliphatic heterocycles. The molecule has 166 valence electrons. The summed E-state index contributed by atoms with van der Waals surface area (Å²) < 4.78 is 0. The van der Waals surface area contributed by atoms with Gasteiger partial charge in [-0.25, -0.2) is 0 Å². The lowest BCUT2D eigenvalue weighted by atomic mass is 10.1. The molecule has 3 rings (SSSR count). The summed E-state index contributed by atoms with van der Waals surface area (Å²) in [4.78, 5) is 23.1. The summed E-state index contributed by atoms with van der Waals surface area (Å²) in [6.45, 7) is 9.35. The Balaban J connectivity index is 1.53. The number of rotatable bonds is 6. The minimum Gasteiger partial charge on any atom is -0.506 e. The average molecular weight is 424 g/mol. The zero-order valence-electron chi connectivity index (χ0n) is 18.7. The molecule has 1 amide bonds. The summed E-state index contributed by atoms with van der Waals surface area (Å²) in [5.74, 6) is 1.25. The van der Waals surface area contributed by atoms with E-state index >= 15 is 0 Å². The Labute approximate surface area is 185 Å². The molecule has 7 nitrogen and oxygen atoms in total. The second-order valence-electron chi connectivity index (χ2n) is 7.54. The second kappa shape index (κ2) is 10.7. The molecule has 1 saturated heterocycles. The number of amides is 1. The number of piperazine rings is 1. The predicted octanol–water partition coefficient (Wildman–Crippen LogP) is 2.77. The van der Waals surface area contributed by atoms with Crippen molar-refractivity contribution >= 4 is 17.6 Å². The van der Waals surface area contributed by atoms with Gasteiger partial charge in [-0.15, -0.1) is 0 Å². The molecule has 0 atom stereocenters. The third-order valence-corrected chi connectivity index (χ3v) is 5.72. The lowest BCUT2D eigenvalue weighted by Crippen LogP contribution is -2.52. The summed E-state index contributed by atoms with van der Waals surface area (Å²) in [5.41, 5.74) is 2.70. The van der Waals surface area contributed by atoms with Crippen molar-refractivity contribution in [2.75, 3.05) is 51.2 Å². The monoisotopic (exact) mass is 423 g/mol. The molecule has 2 N–H and O–H groups in total. The van der Waals surface area contributed by atoms with E-state index in [2.05, 4.69) is 20.1 Å². The van der Waals surface area contributed by atoms with Crippen LogP contribution in [-0.4, -0.2) is 73.1 Å². The van der Waals surface area contributed by atoms with Crippen LogP contribution in [0.1, 0.15) is 29.8 Å². The fourth-order valence-electron chi connectivity index (χ4n) is 3.86. The predicted molar refractivity (Wildman–Crippen MR) is 126 cm³/mol. The highest BCUT2D eigenvalue weighted by Gasteiger charge is 2.21. The highest BCUT2D eigenvalue weighted by atomic mass is 16.3. The van der Waals surface area contributed by atoms with Gasteiger partial charge in [0.2, 0.25) is 0 Å². The summed E-state index contributed by atoms with van der Waals surface area (Å²) in [5, 5.41) is 13.5. The number of hydrogen-bond acceptors (Lipinski definition) is 4. The van der Waals surface area contributed by atoms with Gasteiger partial charge in [0.1, 0.15) is 5.75 Å². The molecule has 0 bridgehead atoms. The maximum atomic E-state index is 12.5. The van der Waals surface area contributed by atoms with Crippen LogP contribution in [-0.2, 0) is 6.54 Å². The first-order valence-electron chi connectivity index (χ1n) is 10.9. The molecule has 0 unspecified atom stereocenters. The summed E-state index contributed by atoms with van der Waals surface area (Å²) in [7, 11) is 1.80. The second-order valence-corrected chi connectivity index (χ2v) is 7.54. The molecule has 0 spiro atoms. The van der Waals surface area contributed by atoms with Crippen molar-refractivity contribution in [3.63, 3.8) is 0 Å². The number of nitrogens with one attached hydrogen (secondary N) is 1. The Morgan fingerprint density at radius 3 is 2.26 bits per heavy atom. The Hall–Kier alpha value is -3.22. The van der Waals surface area contributed by atoms with Gasteiger partial charge in [-0.3, -0.25) is 9.79 Å². The van der Waals surface area contributed by atoms with Gasteiger partial charge in [-0.2, -0.15) is 0 Å². The lowest BCUT2D eigenvalue weighted by Gasteiger charge is -2.37. The largest absolute Gasteiger partial charge is 0.506 e. The summed E-state index contributed by atoms with van der Waals surface area (Å²) in [6.07, 6.45) is 0. The normalized spacial score (nSPS) is 14.5. The molecule has 7 heteroatoms. The van der Waals surface area contributed by atoms with Gasteiger partial charge in [0.05, 0.1) is 5.69 Å². The maximum absolute atomic E-state index is 12.5. The van der Waals surface area contributed by atoms with E-state index in [9.17, 15) is 9.90 Å². The van der Waals surface area contributed by atoms with Crippen molar-refractivity contribution in [3.8, 4) is 5.75 Å². The standard InChI is InChI=1S/C24H33N5O2/c1-4-27(5-2)23(31)20-12-10-19(11-13-20)18-26-24(25-3)29-16-14-28(15-17-29)21-8-6-7-9-22(21)30/h6-13,30H,4-5,14-18H2,1-3H3,(H,25,26). The first-order chi connectivity index (χ1) is 15.1. The third kappa shape index (κ3) is 5.48. The molecule has 31 heavy (non-hydrogen) atoms.